The van der Waals surface area contributed by atoms with Crippen molar-refractivity contribution in [1.29, 1.82) is 0 Å². The minimum absolute atomic E-state index is 0.192. The molecule has 0 aliphatic carbocycles. The maximum atomic E-state index is 11.3. The lowest BCUT2D eigenvalue weighted by molar-refractivity contribution is -0.214. The summed E-state index contributed by atoms with van der Waals surface area (Å²) in [5.74, 6) is -1.25. The smallest absolute Gasteiger partial charge is 0.303 e. The van der Waals surface area contributed by atoms with Gasteiger partial charge in [-0.15, -0.1) is 0 Å². The van der Waals surface area contributed by atoms with Crippen molar-refractivity contribution >= 4 is 11.9 Å². The van der Waals surface area contributed by atoms with Crippen molar-refractivity contribution in [1.82, 2.24) is 0 Å². The fraction of sp³-hybridized carbons (Fsp3) is 0.889. The zero-order valence-corrected chi connectivity index (χ0v) is 16.9. The maximum absolute atomic E-state index is 11.3. The quantitative estimate of drug-likeness (QED) is 0.522. The number of esters is 2. The molecule has 4 atom stereocenters. The van der Waals surface area contributed by atoms with E-state index in [4.69, 9.17) is 23.7 Å². The molecule has 0 amide bonds. The summed E-state index contributed by atoms with van der Waals surface area (Å²) in [6, 6.07) is 0. The summed E-state index contributed by atoms with van der Waals surface area (Å²) < 4.78 is 26.7. The molecule has 0 aromatic rings. The van der Waals surface area contributed by atoms with Crippen LogP contribution < -0.4 is 0 Å². The summed E-state index contributed by atoms with van der Waals surface area (Å²) in [7, 11) is 0. The third-order valence-corrected chi connectivity index (χ3v) is 3.94. The van der Waals surface area contributed by atoms with E-state index >= 15 is 0 Å². The molecule has 1 saturated heterocycles. The van der Waals surface area contributed by atoms with Crippen molar-refractivity contribution in [3.05, 3.63) is 0 Å². The standard InChI is InChI=1S/C18H32O9/c1-11(19)25-13-14(26-12(2)20)16(27-15(13)21)23-9-8-18(5,6)24-10-7-17(3,4)22/h13-16,21-22H,7-10H2,1-6H3. The Morgan fingerprint density at radius 3 is 2.04 bits per heavy atom. The molecule has 0 radical (unpaired) electrons. The van der Waals surface area contributed by atoms with E-state index in [2.05, 4.69) is 0 Å². The zero-order valence-electron chi connectivity index (χ0n) is 16.9. The van der Waals surface area contributed by atoms with Crippen LogP contribution in [0.1, 0.15) is 54.4 Å². The van der Waals surface area contributed by atoms with Crippen LogP contribution in [0.15, 0.2) is 0 Å². The van der Waals surface area contributed by atoms with Gasteiger partial charge in [-0.05, 0) is 40.5 Å². The number of carbonyl (C=O) groups is 2. The molecule has 27 heavy (non-hydrogen) atoms. The van der Waals surface area contributed by atoms with Gasteiger partial charge in [-0.3, -0.25) is 9.59 Å². The number of aliphatic hydroxyl groups excluding tert-OH is 1. The Labute approximate surface area is 159 Å². The molecule has 158 valence electrons. The first kappa shape index (κ1) is 23.8. The molecule has 1 aliphatic rings. The molecule has 0 aromatic heterocycles. The number of hydrogen-bond donors (Lipinski definition) is 2. The molecule has 4 unspecified atom stereocenters. The Morgan fingerprint density at radius 1 is 0.963 bits per heavy atom. The molecule has 1 fully saturated rings. The number of hydrogen-bond acceptors (Lipinski definition) is 9. The van der Waals surface area contributed by atoms with Crippen LogP contribution in [0.25, 0.3) is 0 Å². The average Bonchev–Trinajstić information content (AvgIpc) is 2.73. The Bertz CT molecular complexity index is 498. The highest BCUT2D eigenvalue weighted by Gasteiger charge is 2.49. The number of rotatable bonds is 10. The second kappa shape index (κ2) is 9.79. The van der Waals surface area contributed by atoms with E-state index in [9.17, 15) is 19.8 Å². The van der Waals surface area contributed by atoms with Crippen LogP contribution in [0, 0.1) is 0 Å². The van der Waals surface area contributed by atoms with Crippen LogP contribution >= 0.6 is 0 Å². The first-order valence-electron chi connectivity index (χ1n) is 8.97. The van der Waals surface area contributed by atoms with Gasteiger partial charge in [0.1, 0.15) is 0 Å². The van der Waals surface area contributed by atoms with Gasteiger partial charge in [0.25, 0.3) is 0 Å². The SMILES string of the molecule is CC(=O)OC1C(O)OC(OCCC(C)(C)OCCC(C)(C)O)C1OC(C)=O. The van der Waals surface area contributed by atoms with Crippen molar-refractivity contribution in [2.45, 2.75) is 90.4 Å². The number of ether oxygens (including phenoxy) is 5. The Hall–Kier alpha value is -1.26. The predicted molar refractivity (Wildman–Crippen MR) is 93.5 cm³/mol. The van der Waals surface area contributed by atoms with Gasteiger partial charge < -0.3 is 33.9 Å². The Morgan fingerprint density at radius 2 is 1.52 bits per heavy atom. The molecule has 0 bridgehead atoms. The van der Waals surface area contributed by atoms with Crippen LogP contribution in [-0.4, -0.2) is 71.4 Å². The van der Waals surface area contributed by atoms with Crippen LogP contribution in [0.3, 0.4) is 0 Å². The minimum atomic E-state index is -1.46. The van der Waals surface area contributed by atoms with Crippen molar-refractivity contribution in [2.75, 3.05) is 13.2 Å². The van der Waals surface area contributed by atoms with Crippen LogP contribution in [0.5, 0.6) is 0 Å². The van der Waals surface area contributed by atoms with E-state index in [-0.39, 0.29) is 6.61 Å². The molecule has 0 spiro atoms. The second-order valence-electron chi connectivity index (χ2n) is 7.83. The van der Waals surface area contributed by atoms with Gasteiger partial charge in [0, 0.05) is 13.8 Å². The van der Waals surface area contributed by atoms with E-state index in [1.54, 1.807) is 13.8 Å². The van der Waals surface area contributed by atoms with E-state index in [0.29, 0.717) is 19.4 Å². The molecule has 2 N–H and O–H groups in total. The van der Waals surface area contributed by atoms with Crippen LogP contribution in [0.2, 0.25) is 0 Å². The highest BCUT2D eigenvalue weighted by Crippen LogP contribution is 2.27. The van der Waals surface area contributed by atoms with Crippen molar-refractivity contribution < 1.29 is 43.5 Å². The fourth-order valence-electron chi connectivity index (χ4n) is 2.44. The van der Waals surface area contributed by atoms with Crippen molar-refractivity contribution in [2.24, 2.45) is 0 Å². The van der Waals surface area contributed by atoms with Gasteiger partial charge in [-0.2, -0.15) is 0 Å². The first-order valence-corrected chi connectivity index (χ1v) is 8.97. The summed E-state index contributed by atoms with van der Waals surface area (Å²) in [5.41, 5.74) is -1.32. The third kappa shape index (κ3) is 8.98. The summed E-state index contributed by atoms with van der Waals surface area (Å²) in [5, 5.41) is 19.6. The van der Waals surface area contributed by atoms with Gasteiger partial charge in [0.05, 0.1) is 24.4 Å². The summed E-state index contributed by atoms with van der Waals surface area (Å²) in [4.78, 5) is 22.5. The Balaban J connectivity index is 2.55. The monoisotopic (exact) mass is 392 g/mol. The van der Waals surface area contributed by atoms with Gasteiger partial charge in [-0.1, -0.05) is 0 Å². The van der Waals surface area contributed by atoms with Crippen molar-refractivity contribution in [3.63, 3.8) is 0 Å². The molecule has 9 heteroatoms. The lowest BCUT2D eigenvalue weighted by Gasteiger charge is -2.28. The van der Waals surface area contributed by atoms with Gasteiger partial charge in [-0.25, -0.2) is 0 Å². The lowest BCUT2D eigenvalue weighted by Crippen LogP contribution is -2.41. The molecule has 1 heterocycles. The topological polar surface area (TPSA) is 121 Å². The summed E-state index contributed by atoms with van der Waals surface area (Å²) >= 11 is 0. The summed E-state index contributed by atoms with van der Waals surface area (Å²) in [6.07, 6.45) is -3.78. The third-order valence-electron chi connectivity index (χ3n) is 3.94. The molecule has 0 aromatic carbocycles. The minimum Gasteiger partial charge on any atom is -0.453 e. The fourth-order valence-corrected chi connectivity index (χ4v) is 2.44. The van der Waals surface area contributed by atoms with Gasteiger partial charge >= 0.3 is 11.9 Å². The van der Waals surface area contributed by atoms with E-state index in [0.717, 1.165) is 0 Å². The lowest BCUT2D eigenvalue weighted by atomic mass is 10.0. The first-order chi connectivity index (χ1) is 12.3. The summed E-state index contributed by atoms with van der Waals surface area (Å²) in [6.45, 7) is 10.2. The normalized spacial score (nSPS) is 26.1. The van der Waals surface area contributed by atoms with Crippen LogP contribution in [0.4, 0.5) is 0 Å². The molecular weight excluding hydrogens is 360 g/mol. The highest BCUT2D eigenvalue weighted by atomic mass is 16.8. The average molecular weight is 392 g/mol. The van der Waals surface area contributed by atoms with Crippen LogP contribution in [-0.2, 0) is 33.3 Å². The van der Waals surface area contributed by atoms with E-state index in [1.807, 2.05) is 13.8 Å². The highest BCUT2D eigenvalue weighted by molar-refractivity contribution is 5.67. The van der Waals surface area contributed by atoms with Crippen molar-refractivity contribution in [3.8, 4) is 0 Å². The number of carbonyl (C=O) groups excluding carboxylic acids is 2. The predicted octanol–water partition coefficient (Wildman–Crippen LogP) is 0.887. The van der Waals surface area contributed by atoms with E-state index < -0.39 is 47.9 Å². The Kier molecular flexibility index (Phi) is 8.62. The van der Waals surface area contributed by atoms with E-state index in [1.165, 1.54) is 13.8 Å². The second-order valence-corrected chi connectivity index (χ2v) is 7.83. The molecule has 1 rings (SSSR count). The van der Waals surface area contributed by atoms with Gasteiger partial charge in [0.2, 0.25) is 6.29 Å². The largest absolute Gasteiger partial charge is 0.453 e. The zero-order chi connectivity index (χ0) is 20.8. The molecule has 9 nitrogen and oxygen atoms in total. The maximum Gasteiger partial charge on any atom is 0.303 e. The number of aliphatic hydroxyl groups is 2. The molecular formula is C18H32O9. The molecule has 0 saturated carbocycles. The molecule has 1 aliphatic heterocycles. The van der Waals surface area contributed by atoms with Gasteiger partial charge in [0.15, 0.2) is 18.5 Å².